The van der Waals surface area contributed by atoms with Crippen LogP contribution in [0.4, 0.5) is 0 Å². The van der Waals surface area contributed by atoms with Crippen molar-refractivity contribution in [1.29, 1.82) is 0 Å². The van der Waals surface area contributed by atoms with Gasteiger partial charge < -0.3 is 14.8 Å². The van der Waals surface area contributed by atoms with E-state index in [0.717, 1.165) is 24.2 Å². The van der Waals surface area contributed by atoms with Crippen LogP contribution in [0.3, 0.4) is 0 Å². The number of nitrogens with one attached hydrogen (secondary N) is 1. The molecular formula is C17H27NO3. The van der Waals surface area contributed by atoms with Gasteiger partial charge in [0.15, 0.2) is 0 Å². The number of ether oxygens (including phenoxy) is 2. The number of carbonyl (C=O) groups is 1. The van der Waals surface area contributed by atoms with Crippen molar-refractivity contribution in [3.63, 3.8) is 0 Å². The van der Waals surface area contributed by atoms with E-state index in [2.05, 4.69) is 19.2 Å². The summed E-state index contributed by atoms with van der Waals surface area (Å²) in [6, 6.07) is 5.71. The normalized spacial score (nSPS) is 11.8. The average Bonchev–Trinajstić information content (AvgIpc) is 2.47. The van der Waals surface area contributed by atoms with Gasteiger partial charge >= 0.3 is 0 Å². The fraction of sp³-hybridized carbons (Fsp3) is 0.588. The van der Waals surface area contributed by atoms with Crippen molar-refractivity contribution >= 4 is 5.91 Å². The van der Waals surface area contributed by atoms with Gasteiger partial charge in [0.25, 0.3) is 0 Å². The smallest absolute Gasteiger partial charge is 0.224 e. The standard InChI is InChI=1S/C17H27NO3/c1-5-6-7-8-13(2)18-17(19)12-14-11-15(20-3)9-10-16(14)21-4/h9-11,13H,5-8,12H2,1-4H3,(H,18,19). The van der Waals surface area contributed by atoms with Crippen LogP contribution < -0.4 is 14.8 Å². The maximum Gasteiger partial charge on any atom is 0.224 e. The van der Waals surface area contributed by atoms with Crippen LogP contribution in [0, 0.1) is 0 Å². The largest absolute Gasteiger partial charge is 0.497 e. The van der Waals surface area contributed by atoms with Gasteiger partial charge in [0, 0.05) is 11.6 Å². The summed E-state index contributed by atoms with van der Waals surface area (Å²) in [5.41, 5.74) is 0.843. The number of hydrogen-bond donors (Lipinski definition) is 1. The van der Waals surface area contributed by atoms with E-state index in [9.17, 15) is 4.79 Å². The molecule has 4 heteroatoms. The molecule has 0 heterocycles. The molecule has 1 rings (SSSR count). The first kappa shape index (κ1) is 17.3. The Hall–Kier alpha value is -1.71. The molecular weight excluding hydrogens is 266 g/mol. The Morgan fingerprint density at radius 3 is 2.62 bits per heavy atom. The first-order valence-electron chi connectivity index (χ1n) is 7.61. The third kappa shape index (κ3) is 6.06. The molecule has 0 bridgehead atoms. The summed E-state index contributed by atoms with van der Waals surface area (Å²) >= 11 is 0. The van der Waals surface area contributed by atoms with Crippen molar-refractivity contribution < 1.29 is 14.3 Å². The minimum absolute atomic E-state index is 0.0190. The molecule has 21 heavy (non-hydrogen) atoms. The van der Waals surface area contributed by atoms with Gasteiger partial charge in [-0.3, -0.25) is 4.79 Å². The van der Waals surface area contributed by atoms with E-state index >= 15 is 0 Å². The van der Waals surface area contributed by atoms with Crippen LogP contribution in [-0.2, 0) is 11.2 Å². The molecule has 1 N–H and O–H groups in total. The summed E-state index contributed by atoms with van der Waals surface area (Å²) in [4.78, 5) is 12.1. The lowest BCUT2D eigenvalue weighted by atomic mass is 10.1. The predicted molar refractivity (Wildman–Crippen MR) is 85.0 cm³/mol. The van der Waals surface area contributed by atoms with E-state index in [1.54, 1.807) is 14.2 Å². The number of benzene rings is 1. The van der Waals surface area contributed by atoms with Crippen molar-refractivity contribution in [2.24, 2.45) is 0 Å². The average molecular weight is 293 g/mol. The second kappa shape index (κ2) is 9.27. The Kier molecular flexibility index (Phi) is 7.65. The van der Waals surface area contributed by atoms with Crippen molar-refractivity contribution in [2.45, 2.75) is 52.0 Å². The monoisotopic (exact) mass is 293 g/mol. The molecule has 1 aromatic rings. The van der Waals surface area contributed by atoms with Crippen LogP contribution >= 0.6 is 0 Å². The number of amides is 1. The molecule has 4 nitrogen and oxygen atoms in total. The predicted octanol–water partition coefficient (Wildman–Crippen LogP) is 3.33. The quantitative estimate of drug-likeness (QED) is 0.710. The van der Waals surface area contributed by atoms with Crippen LogP contribution in [-0.4, -0.2) is 26.2 Å². The highest BCUT2D eigenvalue weighted by Crippen LogP contribution is 2.24. The maximum atomic E-state index is 12.1. The van der Waals surface area contributed by atoms with Crippen LogP contribution in [0.25, 0.3) is 0 Å². The molecule has 1 atom stereocenters. The highest BCUT2D eigenvalue weighted by molar-refractivity contribution is 5.79. The van der Waals surface area contributed by atoms with Gasteiger partial charge in [0.05, 0.1) is 20.6 Å². The van der Waals surface area contributed by atoms with Crippen molar-refractivity contribution in [2.75, 3.05) is 14.2 Å². The van der Waals surface area contributed by atoms with E-state index in [0.29, 0.717) is 12.2 Å². The van der Waals surface area contributed by atoms with Gasteiger partial charge in [-0.2, -0.15) is 0 Å². The number of hydrogen-bond acceptors (Lipinski definition) is 3. The molecule has 0 aromatic heterocycles. The highest BCUT2D eigenvalue weighted by atomic mass is 16.5. The van der Waals surface area contributed by atoms with Gasteiger partial charge in [-0.05, 0) is 31.5 Å². The Balaban J connectivity index is 2.57. The lowest BCUT2D eigenvalue weighted by Gasteiger charge is -2.15. The third-order valence-corrected chi connectivity index (χ3v) is 3.49. The van der Waals surface area contributed by atoms with Gasteiger partial charge in [-0.15, -0.1) is 0 Å². The molecule has 0 aliphatic heterocycles. The summed E-state index contributed by atoms with van der Waals surface area (Å²) in [5.74, 6) is 1.46. The van der Waals surface area contributed by atoms with Crippen molar-refractivity contribution in [1.82, 2.24) is 5.32 Å². The Morgan fingerprint density at radius 1 is 1.24 bits per heavy atom. The molecule has 0 saturated carbocycles. The Morgan fingerprint density at radius 2 is 2.00 bits per heavy atom. The molecule has 1 amide bonds. The van der Waals surface area contributed by atoms with E-state index in [-0.39, 0.29) is 11.9 Å². The topological polar surface area (TPSA) is 47.6 Å². The van der Waals surface area contributed by atoms with E-state index in [4.69, 9.17) is 9.47 Å². The van der Waals surface area contributed by atoms with Crippen molar-refractivity contribution in [3.8, 4) is 11.5 Å². The van der Waals surface area contributed by atoms with Crippen LogP contribution in [0.5, 0.6) is 11.5 Å². The number of unbranched alkanes of at least 4 members (excludes halogenated alkanes) is 2. The van der Waals surface area contributed by atoms with Gasteiger partial charge in [0.1, 0.15) is 11.5 Å². The molecule has 1 aromatic carbocycles. The second-order valence-electron chi connectivity index (χ2n) is 5.32. The first-order chi connectivity index (χ1) is 10.1. The third-order valence-electron chi connectivity index (χ3n) is 3.49. The second-order valence-corrected chi connectivity index (χ2v) is 5.32. The summed E-state index contributed by atoms with van der Waals surface area (Å²) in [7, 11) is 3.22. The zero-order valence-electron chi connectivity index (χ0n) is 13.6. The first-order valence-corrected chi connectivity index (χ1v) is 7.61. The Labute approximate surface area is 127 Å². The molecule has 0 spiro atoms. The van der Waals surface area contributed by atoms with Crippen LogP contribution in [0.1, 0.15) is 45.1 Å². The number of rotatable bonds is 9. The molecule has 118 valence electrons. The lowest BCUT2D eigenvalue weighted by molar-refractivity contribution is -0.121. The van der Waals surface area contributed by atoms with Crippen molar-refractivity contribution in [3.05, 3.63) is 23.8 Å². The zero-order valence-corrected chi connectivity index (χ0v) is 13.6. The molecule has 0 radical (unpaired) electrons. The molecule has 1 unspecified atom stereocenters. The highest BCUT2D eigenvalue weighted by Gasteiger charge is 2.12. The minimum Gasteiger partial charge on any atom is -0.497 e. The number of methoxy groups -OCH3 is 2. The lowest BCUT2D eigenvalue weighted by Crippen LogP contribution is -2.33. The van der Waals surface area contributed by atoms with E-state index in [1.165, 1.54) is 12.8 Å². The Bertz CT molecular complexity index is 446. The van der Waals surface area contributed by atoms with Gasteiger partial charge in [-0.25, -0.2) is 0 Å². The minimum atomic E-state index is 0.0190. The molecule has 0 aliphatic rings. The van der Waals surface area contributed by atoms with Crippen LogP contribution in [0.2, 0.25) is 0 Å². The van der Waals surface area contributed by atoms with Gasteiger partial charge in [-0.1, -0.05) is 26.2 Å². The summed E-state index contributed by atoms with van der Waals surface area (Å²) in [5, 5.41) is 3.04. The van der Waals surface area contributed by atoms with E-state index in [1.807, 2.05) is 18.2 Å². The van der Waals surface area contributed by atoms with E-state index < -0.39 is 0 Å². The number of carbonyl (C=O) groups excluding carboxylic acids is 1. The zero-order chi connectivity index (χ0) is 15.7. The molecule has 0 aliphatic carbocycles. The summed E-state index contributed by atoms with van der Waals surface area (Å²) in [6.45, 7) is 4.23. The maximum absolute atomic E-state index is 12.1. The summed E-state index contributed by atoms with van der Waals surface area (Å²) < 4.78 is 10.5. The van der Waals surface area contributed by atoms with Crippen LogP contribution in [0.15, 0.2) is 18.2 Å². The molecule has 0 fully saturated rings. The molecule has 0 saturated heterocycles. The fourth-order valence-electron chi connectivity index (χ4n) is 2.29. The fourth-order valence-corrected chi connectivity index (χ4v) is 2.29. The SMILES string of the molecule is CCCCCC(C)NC(=O)Cc1cc(OC)ccc1OC. The summed E-state index contributed by atoms with van der Waals surface area (Å²) in [6.07, 6.45) is 4.89. The van der Waals surface area contributed by atoms with Gasteiger partial charge in [0.2, 0.25) is 5.91 Å².